The van der Waals surface area contributed by atoms with Crippen molar-refractivity contribution in [2.45, 2.75) is 4.90 Å². The predicted octanol–water partition coefficient (Wildman–Crippen LogP) is 4.37. The maximum absolute atomic E-state index is 13.8. The second-order valence-electron chi connectivity index (χ2n) is 6.64. The van der Waals surface area contributed by atoms with Crippen LogP contribution in [-0.4, -0.2) is 37.2 Å². The van der Waals surface area contributed by atoms with Gasteiger partial charge in [-0.25, -0.2) is 9.37 Å². The third-order valence-corrected chi connectivity index (χ3v) is 5.66. The van der Waals surface area contributed by atoms with Gasteiger partial charge in [-0.1, -0.05) is 12.1 Å². The number of fused-ring (bicyclic) bond motifs is 1. The lowest BCUT2D eigenvalue weighted by molar-refractivity contribution is 0.397. The number of benzene rings is 2. The normalized spacial score (nSPS) is 11.5. The van der Waals surface area contributed by atoms with Gasteiger partial charge >= 0.3 is 0 Å². The van der Waals surface area contributed by atoms with Crippen LogP contribution in [0.2, 0.25) is 0 Å². The van der Waals surface area contributed by atoms with Crippen LogP contribution in [0.15, 0.2) is 65.8 Å². The lowest BCUT2D eigenvalue weighted by Crippen LogP contribution is -1.98. The summed E-state index contributed by atoms with van der Waals surface area (Å²) in [6.07, 6.45) is 2.62. The van der Waals surface area contributed by atoms with Gasteiger partial charge in [-0.05, 0) is 47.3 Å². The average molecular weight is 440 g/mol. The molecule has 2 aromatic heterocycles. The summed E-state index contributed by atoms with van der Waals surface area (Å²) in [6, 6.07) is 12.5. The van der Waals surface area contributed by atoms with Crippen molar-refractivity contribution in [3.63, 3.8) is 0 Å². The minimum Gasteiger partial charge on any atom is -0.496 e. The molecule has 4 rings (SSSR count). The standard InChI is InChI=1S/C22H17FN2O5S/c1-29-20-10-13(19-11-15(23)12-25-22(19)30-2)3-5-18(20)21-17-6-4-16(31(26,27)28)9-14(17)7-8-24-21/h3-12H,1-2H3,(H,26,27,28). The van der Waals surface area contributed by atoms with Crippen molar-refractivity contribution in [2.24, 2.45) is 0 Å². The molecule has 4 aromatic rings. The van der Waals surface area contributed by atoms with E-state index in [2.05, 4.69) is 9.97 Å². The van der Waals surface area contributed by atoms with Crippen molar-refractivity contribution in [3.8, 4) is 34.0 Å². The molecule has 2 aromatic carbocycles. The molecule has 0 amide bonds. The molecule has 31 heavy (non-hydrogen) atoms. The van der Waals surface area contributed by atoms with E-state index in [1.807, 2.05) is 0 Å². The van der Waals surface area contributed by atoms with Gasteiger partial charge in [0.2, 0.25) is 5.88 Å². The van der Waals surface area contributed by atoms with E-state index in [9.17, 15) is 17.4 Å². The topological polar surface area (TPSA) is 98.6 Å². The highest BCUT2D eigenvalue weighted by Gasteiger charge is 2.17. The summed E-state index contributed by atoms with van der Waals surface area (Å²) in [4.78, 5) is 8.19. The molecule has 0 bridgehead atoms. The Morgan fingerprint density at radius 1 is 0.935 bits per heavy atom. The number of rotatable bonds is 5. The van der Waals surface area contributed by atoms with Gasteiger partial charge in [0, 0.05) is 22.7 Å². The van der Waals surface area contributed by atoms with Crippen molar-refractivity contribution >= 4 is 20.9 Å². The highest BCUT2D eigenvalue weighted by molar-refractivity contribution is 7.85. The number of ether oxygens (including phenoxy) is 2. The minimum absolute atomic E-state index is 0.204. The Kier molecular flexibility index (Phi) is 5.30. The Labute approximate surface area is 177 Å². The average Bonchev–Trinajstić information content (AvgIpc) is 2.77. The van der Waals surface area contributed by atoms with Crippen LogP contribution in [0.5, 0.6) is 11.6 Å². The fourth-order valence-corrected chi connectivity index (χ4v) is 3.90. The predicted molar refractivity (Wildman–Crippen MR) is 113 cm³/mol. The highest BCUT2D eigenvalue weighted by Crippen LogP contribution is 2.38. The number of hydrogen-bond donors (Lipinski definition) is 1. The van der Waals surface area contributed by atoms with Gasteiger partial charge < -0.3 is 9.47 Å². The van der Waals surface area contributed by atoms with Gasteiger partial charge in [0.15, 0.2) is 0 Å². The quantitative estimate of drug-likeness (QED) is 0.460. The Hall–Kier alpha value is -3.56. The van der Waals surface area contributed by atoms with Crippen LogP contribution in [0.4, 0.5) is 4.39 Å². The summed E-state index contributed by atoms with van der Waals surface area (Å²) in [5.41, 5.74) is 2.32. The van der Waals surface area contributed by atoms with E-state index < -0.39 is 15.9 Å². The fourth-order valence-electron chi connectivity index (χ4n) is 3.38. The van der Waals surface area contributed by atoms with Gasteiger partial charge in [-0.3, -0.25) is 9.54 Å². The Morgan fingerprint density at radius 2 is 1.74 bits per heavy atom. The van der Waals surface area contributed by atoms with E-state index in [4.69, 9.17) is 9.47 Å². The largest absolute Gasteiger partial charge is 0.496 e. The summed E-state index contributed by atoms with van der Waals surface area (Å²) in [6.45, 7) is 0. The van der Waals surface area contributed by atoms with Gasteiger partial charge in [-0.15, -0.1) is 0 Å². The molecule has 0 aliphatic carbocycles. The third kappa shape index (κ3) is 3.92. The maximum Gasteiger partial charge on any atom is 0.294 e. The first-order valence-corrected chi connectivity index (χ1v) is 10.5. The zero-order chi connectivity index (χ0) is 22.2. The Morgan fingerprint density at radius 3 is 2.45 bits per heavy atom. The molecule has 0 radical (unpaired) electrons. The summed E-state index contributed by atoms with van der Waals surface area (Å²) >= 11 is 0. The molecule has 0 unspecified atom stereocenters. The van der Waals surface area contributed by atoms with E-state index in [0.717, 1.165) is 6.20 Å². The molecular formula is C22H17FN2O5S. The number of halogens is 1. The number of aromatic nitrogens is 2. The smallest absolute Gasteiger partial charge is 0.294 e. The molecule has 1 N–H and O–H groups in total. The number of nitrogens with zero attached hydrogens (tertiary/aromatic N) is 2. The van der Waals surface area contributed by atoms with Gasteiger partial charge in [-0.2, -0.15) is 8.42 Å². The molecule has 0 fully saturated rings. The summed E-state index contributed by atoms with van der Waals surface area (Å²) in [5.74, 6) is 0.254. The first-order chi connectivity index (χ1) is 14.8. The molecule has 0 aliphatic rings. The molecular weight excluding hydrogens is 423 g/mol. The van der Waals surface area contributed by atoms with Crippen LogP contribution in [0.1, 0.15) is 0 Å². The molecule has 9 heteroatoms. The zero-order valence-electron chi connectivity index (χ0n) is 16.5. The molecule has 7 nitrogen and oxygen atoms in total. The van der Waals surface area contributed by atoms with E-state index in [-0.39, 0.29) is 10.8 Å². The van der Waals surface area contributed by atoms with E-state index in [0.29, 0.717) is 38.9 Å². The Balaban J connectivity index is 1.88. The summed E-state index contributed by atoms with van der Waals surface area (Å²) < 4.78 is 56.8. The third-order valence-electron chi connectivity index (χ3n) is 4.81. The SMILES string of the molecule is COc1cc(-c2cc(F)cnc2OC)ccc1-c1nccc2cc(S(=O)(=O)O)ccc12. The molecule has 0 atom stereocenters. The van der Waals surface area contributed by atoms with Crippen LogP contribution >= 0.6 is 0 Å². The first-order valence-electron chi connectivity index (χ1n) is 9.06. The van der Waals surface area contributed by atoms with Crippen LogP contribution in [0.25, 0.3) is 33.2 Å². The van der Waals surface area contributed by atoms with Crippen molar-refractivity contribution in [2.75, 3.05) is 14.2 Å². The van der Waals surface area contributed by atoms with Crippen molar-refractivity contribution in [3.05, 3.63) is 66.7 Å². The number of pyridine rings is 2. The maximum atomic E-state index is 13.8. The van der Waals surface area contributed by atoms with E-state index >= 15 is 0 Å². The molecule has 0 spiro atoms. The molecule has 158 valence electrons. The Bertz CT molecular complexity index is 1410. The number of hydrogen-bond acceptors (Lipinski definition) is 6. The second-order valence-corrected chi connectivity index (χ2v) is 8.06. The highest BCUT2D eigenvalue weighted by atomic mass is 32.2. The lowest BCUT2D eigenvalue weighted by atomic mass is 9.99. The fraction of sp³-hybridized carbons (Fsp3) is 0.0909. The van der Waals surface area contributed by atoms with Crippen LogP contribution < -0.4 is 9.47 Å². The molecule has 0 saturated heterocycles. The summed E-state index contributed by atoms with van der Waals surface area (Å²) in [5, 5.41) is 1.26. The van der Waals surface area contributed by atoms with Gasteiger partial charge in [0.05, 0.1) is 31.0 Å². The van der Waals surface area contributed by atoms with Crippen molar-refractivity contribution < 1.29 is 26.8 Å². The molecule has 0 aliphatic heterocycles. The lowest BCUT2D eigenvalue weighted by Gasteiger charge is -2.14. The second kappa shape index (κ2) is 7.93. The van der Waals surface area contributed by atoms with Crippen molar-refractivity contribution in [1.82, 2.24) is 9.97 Å². The van der Waals surface area contributed by atoms with Crippen molar-refractivity contribution in [1.29, 1.82) is 0 Å². The van der Waals surface area contributed by atoms with Crippen LogP contribution in [0.3, 0.4) is 0 Å². The molecule has 2 heterocycles. The van der Waals surface area contributed by atoms with Crippen LogP contribution in [-0.2, 0) is 10.1 Å². The summed E-state index contributed by atoms with van der Waals surface area (Å²) in [7, 11) is -1.36. The minimum atomic E-state index is -4.32. The number of methoxy groups -OCH3 is 2. The van der Waals surface area contributed by atoms with Crippen LogP contribution in [0, 0.1) is 5.82 Å². The zero-order valence-corrected chi connectivity index (χ0v) is 17.4. The van der Waals surface area contributed by atoms with E-state index in [1.54, 1.807) is 30.3 Å². The van der Waals surface area contributed by atoms with Gasteiger partial charge in [0.1, 0.15) is 11.6 Å². The monoisotopic (exact) mass is 440 g/mol. The van der Waals surface area contributed by atoms with Gasteiger partial charge in [0.25, 0.3) is 10.1 Å². The molecule has 0 saturated carbocycles. The first kappa shape index (κ1) is 20.7. The van der Waals surface area contributed by atoms with E-state index in [1.165, 1.54) is 38.6 Å².